The second-order valence-electron chi connectivity index (χ2n) is 6.63. The molecule has 144 valence electrons. The van der Waals surface area contributed by atoms with Gasteiger partial charge >= 0.3 is 0 Å². The molecular formula is C24H17BrO4. The number of benzene rings is 3. The van der Waals surface area contributed by atoms with Crippen molar-refractivity contribution in [2.45, 2.75) is 6.92 Å². The van der Waals surface area contributed by atoms with Crippen molar-refractivity contribution in [3.8, 4) is 11.5 Å². The first kappa shape index (κ1) is 19.2. The summed E-state index contributed by atoms with van der Waals surface area (Å²) in [5.41, 5.74) is 2.65. The van der Waals surface area contributed by atoms with Crippen LogP contribution in [0.25, 0.3) is 6.08 Å². The minimum absolute atomic E-state index is 0.0953. The van der Waals surface area contributed by atoms with Crippen molar-refractivity contribution in [3.05, 3.63) is 99.2 Å². The predicted octanol–water partition coefficient (Wildman–Crippen LogP) is 5.64. The average Bonchev–Trinajstić information content (AvgIpc) is 3.05. The van der Waals surface area contributed by atoms with E-state index in [1.807, 2.05) is 49.4 Å². The van der Waals surface area contributed by atoms with E-state index in [-0.39, 0.29) is 23.9 Å². The zero-order valence-corrected chi connectivity index (χ0v) is 17.2. The quantitative estimate of drug-likeness (QED) is 0.374. The first-order chi connectivity index (χ1) is 14.0. The van der Waals surface area contributed by atoms with Crippen molar-refractivity contribution in [3.63, 3.8) is 0 Å². The number of rotatable bonds is 5. The van der Waals surface area contributed by atoms with Crippen LogP contribution in [0.5, 0.6) is 11.5 Å². The molecule has 5 heteroatoms. The Bertz CT molecular complexity index is 1120. The molecule has 3 aromatic carbocycles. The lowest BCUT2D eigenvalue weighted by Gasteiger charge is -2.11. The topological polar surface area (TPSA) is 52.6 Å². The number of fused-ring (bicyclic) bond motifs is 1. The largest absolute Gasteiger partial charge is 0.485 e. The van der Waals surface area contributed by atoms with Crippen molar-refractivity contribution in [2.75, 3.05) is 6.61 Å². The summed E-state index contributed by atoms with van der Waals surface area (Å²) in [6.45, 7) is 1.72. The molecular weight excluding hydrogens is 432 g/mol. The van der Waals surface area contributed by atoms with E-state index in [2.05, 4.69) is 15.9 Å². The number of hydrogen-bond donors (Lipinski definition) is 0. The van der Waals surface area contributed by atoms with Gasteiger partial charge in [-0.2, -0.15) is 0 Å². The maximum atomic E-state index is 12.7. The van der Waals surface area contributed by atoms with Gasteiger partial charge in [0.1, 0.15) is 11.5 Å². The minimum Gasteiger partial charge on any atom is -0.485 e. The van der Waals surface area contributed by atoms with Gasteiger partial charge in [-0.3, -0.25) is 9.59 Å². The molecule has 0 unspecified atom stereocenters. The lowest BCUT2D eigenvalue weighted by Crippen LogP contribution is -2.12. The smallest absolute Gasteiger partial charge is 0.231 e. The molecule has 29 heavy (non-hydrogen) atoms. The molecule has 0 bridgehead atoms. The van der Waals surface area contributed by atoms with Crippen LogP contribution < -0.4 is 9.47 Å². The summed E-state index contributed by atoms with van der Waals surface area (Å²) in [5.74, 6) is 0.981. The zero-order valence-electron chi connectivity index (χ0n) is 15.6. The van der Waals surface area contributed by atoms with Gasteiger partial charge < -0.3 is 9.47 Å². The molecule has 3 aromatic rings. The van der Waals surface area contributed by atoms with Gasteiger partial charge in [0.05, 0.1) is 5.56 Å². The van der Waals surface area contributed by atoms with E-state index in [1.165, 1.54) is 0 Å². The van der Waals surface area contributed by atoms with Crippen LogP contribution in [0.2, 0.25) is 0 Å². The Hall–Kier alpha value is -3.18. The molecule has 0 aliphatic carbocycles. The summed E-state index contributed by atoms with van der Waals surface area (Å²) >= 11 is 3.35. The first-order valence-corrected chi connectivity index (χ1v) is 9.86. The Morgan fingerprint density at radius 1 is 1.03 bits per heavy atom. The molecule has 0 fully saturated rings. The molecule has 1 heterocycles. The van der Waals surface area contributed by atoms with Gasteiger partial charge in [0.2, 0.25) is 5.78 Å². The zero-order chi connectivity index (χ0) is 20.4. The van der Waals surface area contributed by atoms with Gasteiger partial charge in [0.15, 0.2) is 18.1 Å². The molecule has 1 aliphatic heterocycles. The van der Waals surface area contributed by atoms with E-state index in [0.717, 1.165) is 10.0 Å². The maximum Gasteiger partial charge on any atom is 0.231 e. The molecule has 0 atom stereocenters. The van der Waals surface area contributed by atoms with Crippen molar-refractivity contribution in [1.82, 2.24) is 0 Å². The fraction of sp³-hybridized carbons (Fsp3) is 0.0833. The van der Waals surface area contributed by atoms with Crippen LogP contribution in [-0.4, -0.2) is 18.2 Å². The summed E-state index contributed by atoms with van der Waals surface area (Å²) in [6.07, 6.45) is 1.72. The summed E-state index contributed by atoms with van der Waals surface area (Å²) in [4.78, 5) is 25.0. The Labute approximate surface area is 176 Å². The number of hydrogen-bond acceptors (Lipinski definition) is 4. The first-order valence-electron chi connectivity index (χ1n) is 9.07. The average molecular weight is 449 g/mol. The summed E-state index contributed by atoms with van der Waals surface area (Å²) in [5, 5.41) is 0. The monoisotopic (exact) mass is 448 g/mol. The lowest BCUT2D eigenvalue weighted by atomic mass is 10.1. The van der Waals surface area contributed by atoms with E-state index in [9.17, 15) is 9.59 Å². The predicted molar refractivity (Wildman–Crippen MR) is 115 cm³/mol. The summed E-state index contributed by atoms with van der Waals surface area (Å²) < 4.78 is 12.5. The van der Waals surface area contributed by atoms with Gasteiger partial charge in [-0.25, -0.2) is 0 Å². The van der Waals surface area contributed by atoms with Crippen LogP contribution >= 0.6 is 15.9 Å². The number of Topliss-reactive ketones (excluding diaryl/α,β-unsaturated/α-hetero) is 2. The number of allylic oxidation sites excluding steroid dienone is 1. The van der Waals surface area contributed by atoms with Crippen molar-refractivity contribution in [2.24, 2.45) is 0 Å². The van der Waals surface area contributed by atoms with Gasteiger partial charge in [0, 0.05) is 15.6 Å². The van der Waals surface area contributed by atoms with E-state index in [1.54, 1.807) is 30.3 Å². The summed E-state index contributed by atoms with van der Waals surface area (Å²) in [7, 11) is 0. The fourth-order valence-corrected chi connectivity index (χ4v) is 3.35. The Morgan fingerprint density at radius 2 is 1.76 bits per heavy atom. The van der Waals surface area contributed by atoms with Gasteiger partial charge in [-0.05, 0) is 42.8 Å². The van der Waals surface area contributed by atoms with Crippen molar-refractivity contribution >= 4 is 33.6 Å². The van der Waals surface area contributed by atoms with Crippen LogP contribution in [0.4, 0.5) is 0 Å². The standard InChI is InChI=1S/C24H17BrO4/c1-15-21(28-14-20(26)17-7-9-18(25)10-8-17)12-11-19-23(27)22(29-24(15)19)13-16-5-3-2-4-6-16/h2-13H,14H2,1H3/b22-13-. The van der Waals surface area contributed by atoms with Crippen LogP contribution in [0.3, 0.4) is 0 Å². The highest BCUT2D eigenvalue weighted by Crippen LogP contribution is 2.39. The van der Waals surface area contributed by atoms with Crippen LogP contribution in [0.15, 0.2) is 77.0 Å². The maximum absolute atomic E-state index is 12.7. The molecule has 4 rings (SSSR count). The highest BCUT2D eigenvalue weighted by Gasteiger charge is 2.30. The number of carbonyl (C=O) groups is 2. The van der Waals surface area contributed by atoms with E-state index < -0.39 is 0 Å². The van der Waals surface area contributed by atoms with Crippen molar-refractivity contribution in [1.29, 1.82) is 0 Å². The Kier molecular flexibility index (Phi) is 5.32. The number of halogens is 1. The van der Waals surface area contributed by atoms with E-state index >= 15 is 0 Å². The molecule has 1 aliphatic rings. The number of ether oxygens (including phenoxy) is 2. The minimum atomic E-state index is -0.163. The third-order valence-electron chi connectivity index (χ3n) is 4.66. The van der Waals surface area contributed by atoms with Crippen molar-refractivity contribution < 1.29 is 19.1 Å². The van der Waals surface area contributed by atoms with Crippen LogP contribution in [0.1, 0.15) is 31.8 Å². The Morgan fingerprint density at radius 3 is 2.48 bits per heavy atom. The van der Waals surface area contributed by atoms with Crippen LogP contribution in [0, 0.1) is 6.92 Å². The van der Waals surface area contributed by atoms with Gasteiger partial charge in [-0.1, -0.05) is 58.4 Å². The number of carbonyl (C=O) groups excluding carboxylic acids is 2. The third kappa shape index (κ3) is 4.00. The highest BCUT2D eigenvalue weighted by atomic mass is 79.9. The molecule has 4 nitrogen and oxygen atoms in total. The fourth-order valence-electron chi connectivity index (χ4n) is 3.09. The molecule has 0 amide bonds. The summed E-state index contributed by atoms with van der Waals surface area (Å²) in [6, 6.07) is 20.0. The van der Waals surface area contributed by atoms with Gasteiger partial charge in [0.25, 0.3) is 0 Å². The SMILES string of the molecule is Cc1c(OCC(=O)c2ccc(Br)cc2)ccc2c1O/C(=C\c1ccccc1)C2=O. The second-order valence-corrected chi connectivity index (χ2v) is 7.55. The molecule has 0 spiro atoms. The molecule has 0 saturated carbocycles. The molecule has 0 N–H and O–H groups in total. The normalized spacial score (nSPS) is 13.9. The number of ketones is 2. The van der Waals surface area contributed by atoms with E-state index in [0.29, 0.717) is 28.2 Å². The highest BCUT2D eigenvalue weighted by molar-refractivity contribution is 9.10. The lowest BCUT2D eigenvalue weighted by molar-refractivity contribution is 0.0920. The van der Waals surface area contributed by atoms with Crippen LogP contribution in [-0.2, 0) is 0 Å². The third-order valence-corrected chi connectivity index (χ3v) is 5.19. The Balaban J connectivity index is 1.52. The van der Waals surface area contributed by atoms with Gasteiger partial charge in [-0.15, -0.1) is 0 Å². The molecule has 0 radical (unpaired) electrons. The molecule has 0 aromatic heterocycles. The second kappa shape index (κ2) is 8.05. The molecule has 0 saturated heterocycles. The van der Waals surface area contributed by atoms with E-state index in [4.69, 9.17) is 9.47 Å².